The van der Waals surface area contributed by atoms with E-state index in [1.807, 2.05) is 25.1 Å². The number of aryl methyl sites for hydroxylation is 1. The zero-order chi connectivity index (χ0) is 19.5. The number of nitrogens with zero attached hydrogens (tertiary/aromatic N) is 3. The molecule has 9 heteroatoms. The maximum absolute atomic E-state index is 12.7. The van der Waals surface area contributed by atoms with Crippen LogP contribution >= 0.6 is 0 Å². The molecule has 0 N–H and O–H groups in total. The summed E-state index contributed by atoms with van der Waals surface area (Å²) in [5, 5.41) is 0. The summed E-state index contributed by atoms with van der Waals surface area (Å²) in [5.41, 5.74) is 1.66. The van der Waals surface area contributed by atoms with Crippen LogP contribution in [-0.2, 0) is 24.5 Å². The van der Waals surface area contributed by atoms with Crippen molar-refractivity contribution >= 4 is 33.5 Å². The normalized spacial score (nSPS) is 15.8. The monoisotopic (exact) mass is 379 g/mol. The molecule has 0 bridgehead atoms. The summed E-state index contributed by atoms with van der Waals surface area (Å²) in [4.78, 5) is 25.9. The first-order chi connectivity index (χ1) is 12.2. The van der Waals surface area contributed by atoms with Gasteiger partial charge in [0.05, 0.1) is 18.4 Å². The van der Waals surface area contributed by atoms with Crippen LogP contribution < -0.4 is 4.90 Å². The Labute approximate surface area is 152 Å². The number of amides is 1. The Bertz CT molecular complexity index is 889. The lowest BCUT2D eigenvalue weighted by Gasteiger charge is -2.27. The second-order valence-electron chi connectivity index (χ2n) is 5.71. The van der Waals surface area contributed by atoms with Gasteiger partial charge in [0.2, 0.25) is 5.91 Å². The summed E-state index contributed by atoms with van der Waals surface area (Å²) < 4.78 is 33.4. The van der Waals surface area contributed by atoms with Crippen LogP contribution in [0.4, 0.5) is 5.69 Å². The van der Waals surface area contributed by atoms with Crippen LogP contribution in [0.5, 0.6) is 0 Å². The first kappa shape index (κ1) is 19.6. The molecule has 0 unspecified atom stereocenters. The molecule has 0 aliphatic carbocycles. The molecule has 0 aromatic heterocycles. The van der Waals surface area contributed by atoms with Crippen molar-refractivity contribution in [3.05, 3.63) is 41.6 Å². The second kappa shape index (κ2) is 7.69. The van der Waals surface area contributed by atoms with E-state index in [1.54, 1.807) is 13.0 Å². The number of benzene rings is 1. The van der Waals surface area contributed by atoms with Crippen LogP contribution in [0.15, 0.2) is 40.4 Å². The van der Waals surface area contributed by atoms with E-state index < -0.39 is 28.6 Å². The number of ether oxygens (including phenoxy) is 1. The van der Waals surface area contributed by atoms with Crippen molar-refractivity contribution in [1.29, 1.82) is 0 Å². The minimum atomic E-state index is -4.08. The van der Waals surface area contributed by atoms with Crippen LogP contribution in [0.25, 0.3) is 0 Å². The van der Waals surface area contributed by atoms with Crippen LogP contribution in [0, 0.1) is 6.92 Å². The molecule has 0 spiro atoms. The number of hydrogen-bond donors (Lipinski definition) is 0. The summed E-state index contributed by atoms with van der Waals surface area (Å²) in [5.74, 6) is -1.15. The molecule has 0 saturated carbocycles. The Morgan fingerprint density at radius 2 is 1.96 bits per heavy atom. The van der Waals surface area contributed by atoms with Gasteiger partial charge in [0.25, 0.3) is 0 Å². The molecule has 2 rings (SSSR count). The van der Waals surface area contributed by atoms with Crippen molar-refractivity contribution < 1.29 is 22.7 Å². The Morgan fingerprint density at radius 1 is 1.27 bits per heavy atom. The summed E-state index contributed by atoms with van der Waals surface area (Å²) in [6.07, 6.45) is 1.09. The molecule has 0 fully saturated rings. The number of carbonyl (C=O) groups excluding carboxylic acids is 2. The molecule has 1 aliphatic rings. The lowest BCUT2D eigenvalue weighted by molar-refractivity contribution is -0.135. The summed E-state index contributed by atoms with van der Waals surface area (Å²) in [7, 11) is -2.90. The lowest BCUT2D eigenvalue weighted by Crippen LogP contribution is -2.42. The average molecular weight is 379 g/mol. The molecule has 0 radical (unpaired) electrons. The second-order valence-corrected chi connectivity index (χ2v) is 7.26. The molecular weight excluding hydrogens is 358 g/mol. The first-order valence-corrected chi connectivity index (χ1v) is 9.35. The highest BCUT2D eigenvalue weighted by molar-refractivity contribution is 7.88. The average Bonchev–Trinajstić information content (AvgIpc) is 2.57. The van der Waals surface area contributed by atoms with E-state index in [0.717, 1.165) is 16.1 Å². The van der Waals surface area contributed by atoms with Crippen LogP contribution in [0.3, 0.4) is 0 Å². The Balaban J connectivity index is 2.31. The highest BCUT2D eigenvalue weighted by Crippen LogP contribution is 2.20. The molecule has 1 heterocycles. The fourth-order valence-electron chi connectivity index (χ4n) is 2.53. The van der Waals surface area contributed by atoms with Crippen molar-refractivity contribution in [2.45, 2.75) is 20.8 Å². The largest absolute Gasteiger partial charge is 0.465 e. The fraction of sp³-hybridized carbons (Fsp3) is 0.353. The van der Waals surface area contributed by atoms with Gasteiger partial charge in [-0.2, -0.15) is 8.42 Å². The van der Waals surface area contributed by atoms with E-state index >= 15 is 0 Å². The Morgan fingerprint density at radius 3 is 2.54 bits per heavy atom. The molecule has 1 aliphatic heterocycles. The topological polar surface area (TPSA) is 96.3 Å². The minimum absolute atomic E-state index is 0.00581. The van der Waals surface area contributed by atoms with Gasteiger partial charge >= 0.3 is 16.2 Å². The van der Waals surface area contributed by atoms with Gasteiger partial charge in [0, 0.05) is 18.4 Å². The summed E-state index contributed by atoms with van der Waals surface area (Å²) >= 11 is 0. The third kappa shape index (κ3) is 4.10. The van der Waals surface area contributed by atoms with Crippen molar-refractivity contribution in [2.24, 2.45) is 4.40 Å². The van der Waals surface area contributed by atoms with Crippen molar-refractivity contribution in [3.8, 4) is 0 Å². The fourth-order valence-corrected chi connectivity index (χ4v) is 3.60. The molecule has 1 aromatic carbocycles. The van der Waals surface area contributed by atoms with Gasteiger partial charge in [-0.15, -0.1) is 4.40 Å². The van der Waals surface area contributed by atoms with E-state index in [9.17, 15) is 18.0 Å². The highest BCUT2D eigenvalue weighted by atomic mass is 32.2. The molecule has 0 saturated heterocycles. The molecule has 0 atom stereocenters. The van der Waals surface area contributed by atoms with E-state index in [0.29, 0.717) is 12.2 Å². The lowest BCUT2D eigenvalue weighted by atomic mass is 10.2. The molecule has 1 aromatic rings. The Hall–Kier alpha value is -2.68. The van der Waals surface area contributed by atoms with Gasteiger partial charge in [-0.3, -0.25) is 4.79 Å². The van der Waals surface area contributed by atoms with Gasteiger partial charge in [-0.05, 0) is 38.5 Å². The summed E-state index contributed by atoms with van der Waals surface area (Å²) in [6, 6.07) is 7.34. The standard InChI is InChI=1S/C17H21N3O5S/c1-5-20(14-8-6-7-12(2)9-14)16(21)11-19-10-15(17(22)25-4)13(3)18-26(19,23)24/h6-10H,5,11H2,1-4H3. The highest BCUT2D eigenvalue weighted by Gasteiger charge is 2.31. The predicted molar refractivity (Wildman–Crippen MR) is 98.0 cm³/mol. The SMILES string of the molecule is CCN(C(=O)CN1C=C(C(=O)OC)C(C)=NS1(=O)=O)c1cccc(C)c1. The molecule has 140 valence electrons. The summed E-state index contributed by atoms with van der Waals surface area (Å²) in [6.45, 7) is 4.99. The van der Waals surface area contributed by atoms with E-state index in [1.165, 1.54) is 18.9 Å². The maximum atomic E-state index is 12.7. The maximum Gasteiger partial charge on any atom is 0.344 e. The van der Waals surface area contributed by atoms with E-state index in [2.05, 4.69) is 9.13 Å². The minimum Gasteiger partial charge on any atom is -0.465 e. The third-order valence-electron chi connectivity index (χ3n) is 3.84. The quantitative estimate of drug-likeness (QED) is 0.721. The van der Waals surface area contributed by atoms with Gasteiger partial charge in [-0.1, -0.05) is 12.1 Å². The molecule has 1 amide bonds. The van der Waals surface area contributed by atoms with Crippen molar-refractivity contribution in [3.63, 3.8) is 0 Å². The van der Waals surface area contributed by atoms with E-state index in [4.69, 9.17) is 0 Å². The van der Waals surface area contributed by atoms with Gasteiger partial charge in [0.1, 0.15) is 6.54 Å². The Kier molecular flexibility index (Phi) is 5.81. The van der Waals surface area contributed by atoms with Gasteiger partial charge in [0.15, 0.2) is 0 Å². The van der Waals surface area contributed by atoms with Crippen LogP contribution in [0.1, 0.15) is 19.4 Å². The third-order valence-corrected chi connectivity index (χ3v) is 5.17. The van der Waals surface area contributed by atoms with Crippen LogP contribution in [0.2, 0.25) is 0 Å². The number of carbonyl (C=O) groups is 2. The van der Waals surface area contributed by atoms with E-state index in [-0.39, 0.29) is 11.3 Å². The van der Waals surface area contributed by atoms with Gasteiger partial charge in [-0.25, -0.2) is 9.10 Å². The molecule has 26 heavy (non-hydrogen) atoms. The van der Waals surface area contributed by atoms with Crippen molar-refractivity contribution in [2.75, 3.05) is 25.1 Å². The predicted octanol–water partition coefficient (Wildman–Crippen LogP) is 1.43. The van der Waals surface area contributed by atoms with Gasteiger partial charge < -0.3 is 9.64 Å². The number of anilines is 1. The zero-order valence-electron chi connectivity index (χ0n) is 15.1. The first-order valence-electron chi connectivity index (χ1n) is 7.95. The zero-order valence-corrected chi connectivity index (χ0v) is 15.9. The smallest absolute Gasteiger partial charge is 0.344 e. The number of esters is 1. The van der Waals surface area contributed by atoms with Crippen molar-refractivity contribution in [1.82, 2.24) is 4.31 Å². The number of likely N-dealkylation sites (N-methyl/N-ethyl adjacent to an activating group) is 1. The molecule has 8 nitrogen and oxygen atoms in total. The number of hydrogen-bond acceptors (Lipinski definition) is 5. The number of methoxy groups -OCH3 is 1. The number of rotatable bonds is 5. The van der Waals surface area contributed by atoms with Crippen LogP contribution in [-0.4, -0.2) is 50.5 Å². The molecular formula is C17H21N3O5S.